The van der Waals surface area contributed by atoms with Crippen LogP contribution in [-0.4, -0.2) is 36.0 Å². The lowest BCUT2D eigenvalue weighted by Gasteiger charge is -2.28. The van der Waals surface area contributed by atoms with Crippen molar-refractivity contribution < 1.29 is 33.5 Å². The molecule has 0 unspecified atom stereocenters. The van der Waals surface area contributed by atoms with Crippen molar-refractivity contribution in [3.05, 3.63) is 106 Å². The van der Waals surface area contributed by atoms with Gasteiger partial charge in [-0.2, -0.15) is 0 Å². The van der Waals surface area contributed by atoms with E-state index in [0.717, 1.165) is 10.3 Å². The number of amides is 4. The summed E-state index contributed by atoms with van der Waals surface area (Å²) >= 11 is 0. The molecule has 43 heavy (non-hydrogen) atoms. The molecule has 11 nitrogen and oxygen atoms in total. The number of nitrogens with one attached hydrogen (secondary N) is 1. The molecular formula is C32H27N3O8. The predicted molar refractivity (Wildman–Crippen MR) is 159 cm³/mol. The lowest BCUT2D eigenvalue weighted by molar-refractivity contribution is -0.384. The fourth-order valence-corrected chi connectivity index (χ4v) is 4.70. The Kier molecular flexibility index (Phi) is 8.33. The Morgan fingerprint density at radius 2 is 1.63 bits per heavy atom. The molecule has 1 aliphatic heterocycles. The van der Waals surface area contributed by atoms with Gasteiger partial charge in [0, 0.05) is 23.8 Å². The van der Waals surface area contributed by atoms with E-state index >= 15 is 0 Å². The molecule has 4 amide bonds. The van der Waals surface area contributed by atoms with Gasteiger partial charge in [0.25, 0.3) is 17.5 Å². The standard InChI is InChI=1S/C32H27N3O8/c1-3-41-23-13-15-29(42-4-2)27(17-23)34-31(37)26(30(36)33-32(34)38)18-25-24-11-6-5-9-21(24)12-14-28(25)43-19-20-8-7-10-22(16-20)35(39)40/h5-18H,3-4,19H2,1-2H3,(H,33,36,38)/b26-18+. The average Bonchev–Trinajstić information content (AvgIpc) is 3.00. The summed E-state index contributed by atoms with van der Waals surface area (Å²) < 4.78 is 17.3. The zero-order valence-electron chi connectivity index (χ0n) is 23.4. The zero-order valence-corrected chi connectivity index (χ0v) is 23.4. The fourth-order valence-electron chi connectivity index (χ4n) is 4.70. The number of imide groups is 2. The molecule has 4 aromatic rings. The van der Waals surface area contributed by atoms with Gasteiger partial charge in [-0.15, -0.1) is 0 Å². The highest BCUT2D eigenvalue weighted by molar-refractivity contribution is 6.39. The molecule has 4 aromatic carbocycles. The van der Waals surface area contributed by atoms with E-state index in [0.29, 0.717) is 34.6 Å². The van der Waals surface area contributed by atoms with Crippen molar-refractivity contribution in [3.8, 4) is 17.2 Å². The summed E-state index contributed by atoms with van der Waals surface area (Å²) in [5, 5.41) is 15.0. The highest BCUT2D eigenvalue weighted by Gasteiger charge is 2.38. The summed E-state index contributed by atoms with van der Waals surface area (Å²) in [5.41, 5.74) is 0.719. The maximum absolute atomic E-state index is 13.9. The number of carbonyl (C=O) groups is 3. The molecule has 1 saturated heterocycles. The first-order chi connectivity index (χ1) is 20.8. The van der Waals surface area contributed by atoms with E-state index in [4.69, 9.17) is 14.2 Å². The number of hydrogen-bond acceptors (Lipinski definition) is 8. The molecule has 1 N–H and O–H groups in total. The molecule has 0 radical (unpaired) electrons. The highest BCUT2D eigenvalue weighted by Crippen LogP contribution is 2.36. The lowest BCUT2D eigenvalue weighted by Crippen LogP contribution is -2.54. The molecular weight excluding hydrogens is 554 g/mol. The number of carbonyl (C=O) groups excluding carboxylic acids is 3. The van der Waals surface area contributed by atoms with Gasteiger partial charge < -0.3 is 14.2 Å². The van der Waals surface area contributed by atoms with E-state index in [1.165, 1.54) is 24.3 Å². The second-order valence-electron chi connectivity index (χ2n) is 9.37. The van der Waals surface area contributed by atoms with E-state index in [1.807, 2.05) is 24.3 Å². The number of nitro benzene ring substituents is 1. The van der Waals surface area contributed by atoms with E-state index in [2.05, 4.69) is 5.32 Å². The largest absolute Gasteiger partial charge is 0.494 e. The topological polar surface area (TPSA) is 137 Å². The molecule has 0 aliphatic carbocycles. The SMILES string of the molecule is CCOc1ccc(OCC)c(N2C(=O)NC(=O)/C(=C\c3c(OCc4cccc([N+](=O)[O-])c4)ccc4ccccc34)C2=O)c1. The minimum absolute atomic E-state index is 0.0110. The molecule has 0 atom stereocenters. The van der Waals surface area contributed by atoms with Gasteiger partial charge in [0.1, 0.15) is 29.4 Å². The minimum Gasteiger partial charge on any atom is -0.494 e. The summed E-state index contributed by atoms with van der Waals surface area (Å²) in [6.45, 7) is 4.19. The first-order valence-corrected chi connectivity index (χ1v) is 13.5. The van der Waals surface area contributed by atoms with Crippen molar-refractivity contribution in [3.63, 3.8) is 0 Å². The Labute approximate surface area is 246 Å². The monoisotopic (exact) mass is 581 g/mol. The number of hydrogen-bond donors (Lipinski definition) is 1. The third-order valence-electron chi connectivity index (χ3n) is 6.62. The number of non-ortho nitro benzene ring substituents is 1. The lowest BCUT2D eigenvalue weighted by atomic mass is 9.99. The quantitative estimate of drug-likeness (QED) is 0.108. The summed E-state index contributed by atoms with van der Waals surface area (Å²) in [4.78, 5) is 51.6. The van der Waals surface area contributed by atoms with Gasteiger partial charge in [0.05, 0.1) is 23.8 Å². The number of benzene rings is 4. The summed E-state index contributed by atoms with van der Waals surface area (Å²) in [5.74, 6) is -0.733. The summed E-state index contributed by atoms with van der Waals surface area (Å²) in [7, 11) is 0. The molecule has 0 aromatic heterocycles. The van der Waals surface area contributed by atoms with Gasteiger partial charge in [-0.1, -0.05) is 42.5 Å². The number of fused-ring (bicyclic) bond motifs is 1. The molecule has 1 heterocycles. The average molecular weight is 582 g/mol. The van der Waals surface area contributed by atoms with Crippen LogP contribution in [0.15, 0.2) is 84.4 Å². The summed E-state index contributed by atoms with van der Waals surface area (Å²) in [6.07, 6.45) is 1.38. The van der Waals surface area contributed by atoms with Crippen LogP contribution in [0.25, 0.3) is 16.8 Å². The van der Waals surface area contributed by atoms with E-state index in [-0.39, 0.29) is 35.9 Å². The van der Waals surface area contributed by atoms with Crippen LogP contribution in [0.3, 0.4) is 0 Å². The van der Waals surface area contributed by atoms with E-state index in [1.54, 1.807) is 50.2 Å². The molecule has 1 aliphatic rings. The van der Waals surface area contributed by atoms with Crippen LogP contribution >= 0.6 is 0 Å². The van der Waals surface area contributed by atoms with Gasteiger partial charge in [0.15, 0.2) is 0 Å². The van der Waals surface area contributed by atoms with Crippen LogP contribution in [0.2, 0.25) is 0 Å². The predicted octanol–water partition coefficient (Wildman–Crippen LogP) is 5.79. The van der Waals surface area contributed by atoms with Crippen molar-refractivity contribution in [2.75, 3.05) is 18.1 Å². The molecule has 0 spiro atoms. The van der Waals surface area contributed by atoms with E-state index < -0.39 is 22.8 Å². The Hall–Kier alpha value is -5.71. The number of anilines is 1. The van der Waals surface area contributed by atoms with Gasteiger partial charge in [-0.25, -0.2) is 9.69 Å². The number of nitrogens with zero attached hydrogens (tertiary/aromatic N) is 2. The normalized spacial score (nSPS) is 14.1. The second-order valence-corrected chi connectivity index (χ2v) is 9.37. The van der Waals surface area contributed by atoms with Gasteiger partial charge in [-0.05, 0) is 54.5 Å². The molecule has 1 fully saturated rings. The van der Waals surface area contributed by atoms with Crippen molar-refractivity contribution >= 4 is 46.1 Å². The Balaban J connectivity index is 1.58. The third-order valence-corrected chi connectivity index (χ3v) is 6.62. The van der Waals surface area contributed by atoms with Crippen LogP contribution in [0.5, 0.6) is 17.2 Å². The maximum atomic E-state index is 13.9. The Morgan fingerprint density at radius 3 is 2.40 bits per heavy atom. The van der Waals surface area contributed by atoms with Crippen LogP contribution in [0.1, 0.15) is 25.0 Å². The first kappa shape index (κ1) is 28.8. The molecule has 0 saturated carbocycles. The zero-order chi connectivity index (χ0) is 30.5. The van der Waals surface area contributed by atoms with Crippen molar-refractivity contribution in [2.24, 2.45) is 0 Å². The second kappa shape index (κ2) is 12.4. The summed E-state index contributed by atoms with van der Waals surface area (Å²) in [6, 6.07) is 20.7. The minimum atomic E-state index is -0.929. The molecule has 0 bridgehead atoms. The maximum Gasteiger partial charge on any atom is 0.336 e. The van der Waals surface area contributed by atoms with Crippen LogP contribution in [0.4, 0.5) is 16.2 Å². The highest BCUT2D eigenvalue weighted by atomic mass is 16.6. The number of barbiturate groups is 1. The van der Waals surface area contributed by atoms with Crippen molar-refractivity contribution in [1.82, 2.24) is 5.32 Å². The fraction of sp³-hybridized carbons (Fsp3) is 0.156. The smallest absolute Gasteiger partial charge is 0.336 e. The van der Waals surface area contributed by atoms with Gasteiger partial charge in [0.2, 0.25) is 0 Å². The van der Waals surface area contributed by atoms with Crippen LogP contribution in [-0.2, 0) is 16.2 Å². The first-order valence-electron chi connectivity index (χ1n) is 13.5. The third kappa shape index (κ3) is 6.01. The van der Waals surface area contributed by atoms with Gasteiger partial charge in [-0.3, -0.25) is 25.0 Å². The number of urea groups is 1. The van der Waals surface area contributed by atoms with Gasteiger partial charge >= 0.3 is 6.03 Å². The van der Waals surface area contributed by atoms with Crippen LogP contribution < -0.4 is 24.4 Å². The number of nitro groups is 1. The Bertz CT molecular complexity index is 1780. The Morgan fingerprint density at radius 1 is 0.860 bits per heavy atom. The molecule has 11 heteroatoms. The number of rotatable bonds is 10. The van der Waals surface area contributed by atoms with Crippen molar-refractivity contribution in [1.29, 1.82) is 0 Å². The molecule has 218 valence electrons. The number of ether oxygens (including phenoxy) is 3. The molecule has 5 rings (SSSR count). The van der Waals surface area contributed by atoms with Crippen LogP contribution in [0, 0.1) is 10.1 Å². The van der Waals surface area contributed by atoms with Crippen molar-refractivity contribution in [2.45, 2.75) is 20.5 Å². The van der Waals surface area contributed by atoms with E-state index in [9.17, 15) is 24.5 Å².